The van der Waals surface area contributed by atoms with Crippen LogP contribution in [0.1, 0.15) is 33.1 Å². The molecule has 3 rings (SSSR count). The number of amides is 2. The first-order valence-electron chi connectivity index (χ1n) is 10.7. The molecular weight excluding hydrogens is 382 g/mol. The molecule has 2 aromatic rings. The maximum atomic E-state index is 12.4. The van der Waals surface area contributed by atoms with Crippen LogP contribution in [0, 0.1) is 11.8 Å². The number of hydrogen-bond acceptors (Lipinski definition) is 5. The van der Waals surface area contributed by atoms with Gasteiger partial charge in [-0.1, -0.05) is 32.0 Å². The van der Waals surface area contributed by atoms with Crippen molar-refractivity contribution in [1.29, 1.82) is 0 Å². The second-order valence-electron chi connectivity index (χ2n) is 8.06. The number of para-hydroxylation sites is 1. The van der Waals surface area contributed by atoms with E-state index in [9.17, 15) is 9.59 Å². The molecule has 0 saturated carbocycles. The first-order chi connectivity index (χ1) is 14.5. The Morgan fingerprint density at radius 2 is 1.97 bits per heavy atom. The van der Waals surface area contributed by atoms with Crippen LogP contribution in [0.25, 0.3) is 10.9 Å². The molecule has 7 nitrogen and oxygen atoms in total. The SMILES string of the molecule is CC(C)COC(=O)N1CCC(C(=O)NCCCOc2cccc3cccnc23)CC1. The number of piperidine rings is 1. The Labute approximate surface area is 177 Å². The van der Waals surface area contributed by atoms with E-state index in [1.165, 1.54) is 0 Å². The van der Waals surface area contributed by atoms with Crippen molar-refractivity contribution < 1.29 is 19.1 Å². The molecule has 0 unspecified atom stereocenters. The maximum Gasteiger partial charge on any atom is 0.409 e. The van der Waals surface area contributed by atoms with Crippen molar-refractivity contribution in [2.45, 2.75) is 33.1 Å². The first-order valence-corrected chi connectivity index (χ1v) is 10.7. The first kappa shape index (κ1) is 21.9. The highest BCUT2D eigenvalue weighted by molar-refractivity contribution is 5.84. The summed E-state index contributed by atoms with van der Waals surface area (Å²) >= 11 is 0. The smallest absolute Gasteiger partial charge is 0.409 e. The number of nitrogens with zero attached hydrogens (tertiary/aromatic N) is 2. The number of carbonyl (C=O) groups excluding carboxylic acids is 2. The lowest BCUT2D eigenvalue weighted by atomic mass is 9.96. The van der Waals surface area contributed by atoms with Crippen LogP contribution in [-0.2, 0) is 9.53 Å². The number of ether oxygens (including phenoxy) is 2. The fourth-order valence-corrected chi connectivity index (χ4v) is 3.46. The van der Waals surface area contributed by atoms with Gasteiger partial charge < -0.3 is 19.7 Å². The van der Waals surface area contributed by atoms with Gasteiger partial charge >= 0.3 is 6.09 Å². The van der Waals surface area contributed by atoms with Gasteiger partial charge in [-0.05, 0) is 37.3 Å². The molecule has 1 fully saturated rings. The van der Waals surface area contributed by atoms with Crippen molar-refractivity contribution in [3.63, 3.8) is 0 Å². The Bertz CT molecular complexity index is 842. The van der Waals surface area contributed by atoms with E-state index in [1.807, 2.05) is 44.2 Å². The summed E-state index contributed by atoms with van der Waals surface area (Å²) in [5, 5.41) is 4.03. The van der Waals surface area contributed by atoms with E-state index in [4.69, 9.17) is 9.47 Å². The van der Waals surface area contributed by atoms with E-state index in [0.29, 0.717) is 51.6 Å². The van der Waals surface area contributed by atoms with Gasteiger partial charge in [-0.25, -0.2) is 4.79 Å². The molecule has 1 aliphatic heterocycles. The second-order valence-corrected chi connectivity index (χ2v) is 8.06. The predicted octanol–water partition coefficient (Wildman–Crippen LogP) is 3.62. The number of fused-ring (bicyclic) bond motifs is 1. The van der Waals surface area contributed by atoms with Gasteiger partial charge in [-0.15, -0.1) is 0 Å². The maximum absolute atomic E-state index is 12.4. The molecule has 0 aliphatic carbocycles. The summed E-state index contributed by atoms with van der Waals surface area (Å²) in [5.74, 6) is 1.08. The van der Waals surface area contributed by atoms with E-state index in [0.717, 1.165) is 23.1 Å². The Morgan fingerprint density at radius 3 is 2.73 bits per heavy atom. The molecule has 0 radical (unpaired) electrons. The van der Waals surface area contributed by atoms with Crippen LogP contribution >= 0.6 is 0 Å². The Balaban J connectivity index is 1.33. The molecule has 0 bridgehead atoms. The molecule has 0 atom stereocenters. The van der Waals surface area contributed by atoms with E-state index in [1.54, 1.807) is 11.1 Å². The van der Waals surface area contributed by atoms with Crippen LogP contribution in [0.4, 0.5) is 4.79 Å². The average molecular weight is 414 g/mol. The number of likely N-dealkylation sites (tertiary alicyclic amines) is 1. The highest BCUT2D eigenvalue weighted by Crippen LogP contribution is 2.23. The molecule has 30 heavy (non-hydrogen) atoms. The summed E-state index contributed by atoms with van der Waals surface area (Å²) in [6.07, 6.45) is 3.53. The van der Waals surface area contributed by atoms with Crippen LogP contribution in [0.3, 0.4) is 0 Å². The third kappa shape index (κ3) is 6.08. The summed E-state index contributed by atoms with van der Waals surface area (Å²) in [4.78, 5) is 30.5. The minimum absolute atomic E-state index is 0.0528. The molecule has 162 valence electrons. The second kappa shape index (κ2) is 10.8. The van der Waals surface area contributed by atoms with Crippen LogP contribution in [0.15, 0.2) is 36.5 Å². The van der Waals surface area contributed by atoms with Crippen molar-refractivity contribution in [3.05, 3.63) is 36.5 Å². The lowest BCUT2D eigenvalue weighted by molar-refractivity contribution is -0.126. The van der Waals surface area contributed by atoms with Crippen molar-refractivity contribution in [3.8, 4) is 5.75 Å². The van der Waals surface area contributed by atoms with Gasteiger partial charge in [0.2, 0.25) is 5.91 Å². The number of rotatable bonds is 8. The summed E-state index contributed by atoms with van der Waals surface area (Å²) in [5.41, 5.74) is 0.850. The Morgan fingerprint density at radius 1 is 1.20 bits per heavy atom. The van der Waals surface area contributed by atoms with Gasteiger partial charge in [0.25, 0.3) is 0 Å². The van der Waals surface area contributed by atoms with Gasteiger partial charge in [-0.2, -0.15) is 0 Å². The van der Waals surface area contributed by atoms with Crippen molar-refractivity contribution in [2.24, 2.45) is 11.8 Å². The van der Waals surface area contributed by atoms with Crippen LogP contribution in [-0.4, -0.2) is 54.7 Å². The molecule has 7 heteroatoms. The molecule has 1 N–H and O–H groups in total. The summed E-state index contributed by atoms with van der Waals surface area (Å²) in [7, 11) is 0. The van der Waals surface area contributed by atoms with Gasteiger partial charge in [0, 0.05) is 37.1 Å². The summed E-state index contributed by atoms with van der Waals surface area (Å²) in [6, 6.07) is 9.77. The number of pyridine rings is 1. The quantitative estimate of drug-likeness (QED) is 0.669. The molecular formula is C23H31N3O4. The zero-order chi connectivity index (χ0) is 21.3. The fraction of sp³-hybridized carbons (Fsp3) is 0.522. The van der Waals surface area contributed by atoms with Crippen LogP contribution in [0.5, 0.6) is 5.75 Å². The largest absolute Gasteiger partial charge is 0.491 e. The van der Waals surface area contributed by atoms with Gasteiger partial charge in [0.15, 0.2) is 0 Å². The van der Waals surface area contributed by atoms with Crippen LogP contribution in [0.2, 0.25) is 0 Å². The summed E-state index contributed by atoms with van der Waals surface area (Å²) < 4.78 is 11.1. The van der Waals surface area contributed by atoms with Crippen LogP contribution < -0.4 is 10.1 Å². The molecule has 1 saturated heterocycles. The lowest BCUT2D eigenvalue weighted by Crippen LogP contribution is -2.43. The van der Waals surface area contributed by atoms with Gasteiger partial charge in [0.05, 0.1) is 13.2 Å². The molecule has 1 aliphatic rings. The third-order valence-corrected chi connectivity index (χ3v) is 5.14. The number of hydrogen-bond donors (Lipinski definition) is 1. The topological polar surface area (TPSA) is 80.8 Å². The zero-order valence-corrected chi connectivity index (χ0v) is 17.8. The van der Waals surface area contributed by atoms with Crippen molar-refractivity contribution >= 4 is 22.9 Å². The predicted molar refractivity (Wildman–Crippen MR) is 115 cm³/mol. The van der Waals surface area contributed by atoms with Crippen molar-refractivity contribution in [2.75, 3.05) is 32.8 Å². The zero-order valence-electron chi connectivity index (χ0n) is 17.8. The molecule has 1 aromatic heterocycles. The highest BCUT2D eigenvalue weighted by atomic mass is 16.6. The Kier molecular flexibility index (Phi) is 7.88. The minimum Gasteiger partial charge on any atom is -0.491 e. The molecule has 2 amide bonds. The Hall–Kier alpha value is -2.83. The minimum atomic E-state index is -0.275. The third-order valence-electron chi connectivity index (χ3n) is 5.14. The van der Waals surface area contributed by atoms with E-state index in [2.05, 4.69) is 10.3 Å². The normalized spacial score (nSPS) is 14.7. The number of aromatic nitrogens is 1. The lowest BCUT2D eigenvalue weighted by Gasteiger charge is -2.30. The van der Waals surface area contributed by atoms with Gasteiger partial charge in [-0.3, -0.25) is 9.78 Å². The molecule has 0 spiro atoms. The van der Waals surface area contributed by atoms with Gasteiger partial charge in [0.1, 0.15) is 11.3 Å². The van der Waals surface area contributed by atoms with E-state index in [-0.39, 0.29) is 17.9 Å². The standard InChI is InChI=1S/C23H31N3O4/c1-17(2)16-30-23(28)26-13-9-19(10-14-26)22(27)25-12-5-15-29-20-8-3-6-18-7-4-11-24-21(18)20/h3-4,6-8,11,17,19H,5,9-10,12-16H2,1-2H3,(H,25,27). The average Bonchev–Trinajstić information content (AvgIpc) is 2.77. The highest BCUT2D eigenvalue weighted by Gasteiger charge is 2.27. The number of nitrogens with one attached hydrogen (secondary N) is 1. The number of benzene rings is 1. The fourth-order valence-electron chi connectivity index (χ4n) is 3.46. The van der Waals surface area contributed by atoms with Crippen molar-refractivity contribution in [1.82, 2.24) is 15.2 Å². The van der Waals surface area contributed by atoms with E-state index >= 15 is 0 Å². The van der Waals surface area contributed by atoms with E-state index < -0.39 is 0 Å². The molecule has 1 aromatic carbocycles. The molecule has 2 heterocycles. The summed E-state index contributed by atoms with van der Waals surface area (Å²) in [6.45, 7) is 6.64. The monoisotopic (exact) mass is 413 g/mol. The number of carbonyl (C=O) groups is 2.